The molecule has 1 spiro atoms. The summed E-state index contributed by atoms with van der Waals surface area (Å²) in [5.74, 6) is -4.35. The minimum atomic E-state index is -4.68. The quantitative estimate of drug-likeness (QED) is 0.248. The SMILES string of the molecule is CC[C@@H]1NC(=N)N2[C@@H](C)[C@H](OC(=O)c3cc(C(F)(F)F)ccc3C)C(O)(O)[C@@]23NC(=N)N[C@@H]13. The molecule has 0 radical (unpaired) electrons. The summed E-state index contributed by atoms with van der Waals surface area (Å²) in [6.45, 7) is 4.75. The number of hydrogen-bond acceptors (Lipinski definition) is 6. The van der Waals surface area contributed by atoms with Gasteiger partial charge in [-0.1, -0.05) is 13.0 Å². The predicted molar refractivity (Wildman–Crippen MR) is 109 cm³/mol. The van der Waals surface area contributed by atoms with Gasteiger partial charge in [-0.05, 0) is 38.0 Å². The van der Waals surface area contributed by atoms with Crippen molar-refractivity contribution in [3.8, 4) is 0 Å². The van der Waals surface area contributed by atoms with Crippen molar-refractivity contribution in [2.45, 2.75) is 69.0 Å². The molecular weight excluding hydrogens is 445 g/mol. The first-order valence-electron chi connectivity index (χ1n) is 10.4. The van der Waals surface area contributed by atoms with Crippen molar-refractivity contribution < 1.29 is 32.9 Å². The normalized spacial score (nSPS) is 32.4. The molecule has 10 nitrogen and oxygen atoms in total. The lowest BCUT2D eigenvalue weighted by Gasteiger charge is -2.51. The molecule has 3 aliphatic rings. The Kier molecular flexibility index (Phi) is 5.06. The van der Waals surface area contributed by atoms with E-state index in [1.807, 2.05) is 6.92 Å². The van der Waals surface area contributed by atoms with Gasteiger partial charge in [0.2, 0.25) is 5.79 Å². The molecule has 33 heavy (non-hydrogen) atoms. The van der Waals surface area contributed by atoms with E-state index in [9.17, 15) is 28.2 Å². The van der Waals surface area contributed by atoms with Gasteiger partial charge < -0.3 is 35.8 Å². The molecule has 0 aliphatic carbocycles. The van der Waals surface area contributed by atoms with Crippen LogP contribution < -0.4 is 16.0 Å². The maximum atomic E-state index is 13.1. The smallest absolute Gasteiger partial charge is 0.416 e. The van der Waals surface area contributed by atoms with Gasteiger partial charge in [0.25, 0.3) is 0 Å². The third-order valence-corrected chi connectivity index (χ3v) is 6.67. The van der Waals surface area contributed by atoms with Crippen LogP contribution in [0.1, 0.15) is 41.8 Å². The highest BCUT2D eigenvalue weighted by Crippen LogP contribution is 2.47. The molecule has 5 atom stereocenters. The zero-order valence-electron chi connectivity index (χ0n) is 18.0. The van der Waals surface area contributed by atoms with E-state index in [1.165, 1.54) is 18.7 Å². The lowest BCUT2D eigenvalue weighted by molar-refractivity contribution is -0.258. The van der Waals surface area contributed by atoms with Crippen LogP contribution in [0.25, 0.3) is 0 Å². The molecule has 0 unspecified atom stereocenters. The number of esters is 1. The van der Waals surface area contributed by atoms with Crippen LogP contribution in [0.15, 0.2) is 18.2 Å². The third kappa shape index (κ3) is 3.13. The average Bonchev–Trinajstić information content (AvgIpc) is 3.14. The topological polar surface area (TPSA) is 154 Å². The van der Waals surface area contributed by atoms with Crippen LogP contribution in [-0.2, 0) is 10.9 Å². The fourth-order valence-corrected chi connectivity index (χ4v) is 5.10. The van der Waals surface area contributed by atoms with Gasteiger partial charge >= 0.3 is 12.1 Å². The summed E-state index contributed by atoms with van der Waals surface area (Å²) >= 11 is 0. The molecule has 3 aliphatic heterocycles. The zero-order chi connectivity index (χ0) is 24.5. The number of rotatable bonds is 3. The summed E-state index contributed by atoms with van der Waals surface area (Å²) in [7, 11) is 0. The zero-order valence-corrected chi connectivity index (χ0v) is 18.0. The molecule has 0 bridgehead atoms. The van der Waals surface area contributed by atoms with Crippen molar-refractivity contribution in [3.05, 3.63) is 34.9 Å². The van der Waals surface area contributed by atoms with Crippen LogP contribution in [0, 0.1) is 17.7 Å². The molecule has 1 aromatic carbocycles. The molecular formula is C20H25F3N6O4. The first kappa shape index (κ1) is 23.1. The average molecular weight is 470 g/mol. The van der Waals surface area contributed by atoms with Crippen molar-refractivity contribution in [1.82, 2.24) is 20.9 Å². The Morgan fingerprint density at radius 1 is 1.27 bits per heavy atom. The summed E-state index contributed by atoms with van der Waals surface area (Å²) in [5.41, 5.74) is -3.00. The number of nitrogens with zero attached hydrogens (tertiary/aromatic N) is 1. The molecule has 180 valence electrons. The number of aryl methyl sites for hydroxylation is 1. The summed E-state index contributed by atoms with van der Waals surface area (Å²) in [5, 5.41) is 47.6. The number of ether oxygens (including phenoxy) is 1. The summed E-state index contributed by atoms with van der Waals surface area (Å²) < 4.78 is 44.8. The van der Waals surface area contributed by atoms with Gasteiger partial charge in [0.1, 0.15) is 0 Å². The highest BCUT2D eigenvalue weighted by atomic mass is 19.4. The number of carbonyl (C=O) groups is 1. The van der Waals surface area contributed by atoms with Crippen LogP contribution >= 0.6 is 0 Å². The molecule has 0 amide bonds. The summed E-state index contributed by atoms with van der Waals surface area (Å²) in [6, 6.07) is 0.403. The van der Waals surface area contributed by atoms with E-state index >= 15 is 0 Å². The molecule has 13 heteroatoms. The van der Waals surface area contributed by atoms with Gasteiger partial charge in [0.15, 0.2) is 23.7 Å². The Bertz CT molecular complexity index is 1030. The Hall–Kier alpha value is -3.06. The highest BCUT2D eigenvalue weighted by Gasteiger charge is 2.77. The number of carbonyl (C=O) groups excluding carboxylic acids is 1. The Labute approximate surface area is 187 Å². The number of guanidine groups is 2. The molecule has 3 fully saturated rings. The number of alkyl halides is 3. The molecule has 3 saturated heterocycles. The lowest BCUT2D eigenvalue weighted by Crippen LogP contribution is -2.80. The molecule has 0 saturated carbocycles. The minimum absolute atomic E-state index is 0.170. The molecule has 0 aromatic heterocycles. The van der Waals surface area contributed by atoms with Crippen molar-refractivity contribution in [2.24, 2.45) is 0 Å². The fourth-order valence-electron chi connectivity index (χ4n) is 5.10. The van der Waals surface area contributed by atoms with Crippen molar-refractivity contribution in [3.63, 3.8) is 0 Å². The second kappa shape index (κ2) is 7.22. The van der Waals surface area contributed by atoms with Crippen molar-refractivity contribution in [2.75, 3.05) is 0 Å². The van der Waals surface area contributed by atoms with Crippen LogP contribution in [0.3, 0.4) is 0 Å². The summed E-state index contributed by atoms with van der Waals surface area (Å²) in [4.78, 5) is 14.2. The van der Waals surface area contributed by atoms with E-state index in [0.29, 0.717) is 12.5 Å². The molecule has 1 aromatic rings. The highest BCUT2D eigenvalue weighted by molar-refractivity contribution is 5.92. The van der Waals surface area contributed by atoms with Crippen molar-refractivity contribution >= 4 is 17.9 Å². The van der Waals surface area contributed by atoms with Crippen LogP contribution in [-0.4, -0.2) is 68.7 Å². The molecule has 7 N–H and O–H groups in total. The first-order valence-corrected chi connectivity index (χ1v) is 10.4. The Balaban J connectivity index is 1.73. The number of aliphatic hydroxyl groups is 2. The van der Waals surface area contributed by atoms with Gasteiger partial charge in [0, 0.05) is 0 Å². The largest absolute Gasteiger partial charge is 0.451 e. The van der Waals surface area contributed by atoms with Gasteiger partial charge in [-0.25, -0.2) is 4.79 Å². The number of nitrogens with one attached hydrogen (secondary N) is 5. The number of benzene rings is 1. The molecule has 3 heterocycles. The Morgan fingerprint density at radius 3 is 2.55 bits per heavy atom. The van der Waals surface area contributed by atoms with E-state index in [4.69, 9.17) is 15.6 Å². The second-order valence-electron chi connectivity index (χ2n) is 8.59. The van der Waals surface area contributed by atoms with E-state index in [0.717, 1.165) is 12.1 Å². The summed E-state index contributed by atoms with van der Waals surface area (Å²) in [6.07, 6.45) is -5.86. The Morgan fingerprint density at radius 2 is 1.94 bits per heavy atom. The second-order valence-corrected chi connectivity index (χ2v) is 8.59. The van der Waals surface area contributed by atoms with Crippen LogP contribution in [0.5, 0.6) is 0 Å². The predicted octanol–water partition coefficient (Wildman–Crippen LogP) is 0.433. The molecule has 4 rings (SSSR count). The minimum Gasteiger partial charge on any atom is -0.451 e. The van der Waals surface area contributed by atoms with Gasteiger partial charge in [-0.15, -0.1) is 0 Å². The maximum Gasteiger partial charge on any atom is 0.416 e. The maximum absolute atomic E-state index is 13.1. The standard InChI is InChI=1S/C20H25F3N6O4/c1-4-12-13-18(28-16(24)27-13)19(31,32)14(9(3)29(18)17(25)26-12)33-15(30)11-7-10(20(21,22)23)6-5-8(11)2/h5-7,9,12-14,31-32H,4H2,1-3H3,(H2,25,26)(H3,24,27,28)/t9-,12-,13-,14-,18-/m0/s1. The number of halogens is 3. The van der Waals surface area contributed by atoms with Gasteiger partial charge in [-0.2, -0.15) is 13.2 Å². The van der Waals surface area contributed by atoms with Crippen LogP contribution in [0.2, 0.25) is 0 Å². The van der Waals surface area contributed by atoms with Gasteiger partial charge in [-0.3, -0.25) is 10.8 Å². The van der Waals surface area contributed by atoms with Crippen LogP contribution in [0.4, 0.5) is 13.2 Å². The van der Waals surface area contributed by atoms with Gasteiger partial charge in [0.05, 0.1) is 29.3 Å². The monoisotopic (exact) mass is 470 g/mol. The third-order valence-electron chi connectivity index (χ3n) is 6.67. The van der Waals surface area contributed by atoms with E-state index < -0.39 is 53.4 Å². The van der Waals surface area contributed by atoms with Crippen molar-refractivity contribution in [1.29, 1.82) is 10.8 Å². The van der Waals surface area contributed by atoms with E-state index in [1.54, 1.807) is 0 Å². The lowest BCUT2D eigenvalue weighted by atomic mass is 9.84. The first-order chi connectivity index (χ1) is 15.3. The number of hydrogen-bond donors (Lipinski definition) is 7. The van der Waals surface area contributed by atoms with E-state index in [2.05, 4.69) is 16.0 Å². The van der Waals surface area contributed by atoms with E-state index in [-0.39, 0.29) is 23.0 Å². The fraction of sp³-hybridized carbons (Fsp3) is 0.550.